The monoisotopic (exact) mass is 297 g/mol. The van der Waals surface area contributed by atoms with Crippen LogP contribution in [0.2, 0.25) is 5.02 Å². The number of halogens is 1. The molecule has 4 N–H and O–H groups in total. The van der Waals surface area contributed by atoms with Gasteiger partial charge in [0, 0.05) is 18.2 Å². The Morgan fingerprint density at radius 2 is 2.35 bits per heavy atom. The summed E-state index contributed by atoms with van der Waals surface area (Å²) < 4.78 is 0. The Bertz CT molecular complexity index is 481. The summed E-state index contributed by atoms with van der Waals surface area (Å²) in [6.45, 7) is 2.31. The molecule has 2 rings (SSSR count). The van der Waals surface area contributed by atoms with E-state index in [0.717, 1.165) is 25.9 Å². The van der Waals surface area contributed by atoms with Crippen LogP contribution in [-0.4, -0.2) is 42.2 Å². The quantitative estimate of drug-likeness (QED) is 0.721. The predicted molar refractivity (Wildman–Crippen MR) is 80.7 cm³/mol. The van der Waals surface area contributed by atoms with Gasteiger partial charge in [0.1, 0.15) is 0 Å². The molecule has 1 aliphatic heterocycles. The lowest BCUT2D eigenvalue weighted by Crippen LogP contribution is -2.31. The average molecular weight is 298 g/mol. The highest BCUT2D eigenvalue weighted by Gasteiger charge is 2.23. The second kappa shape index (κ2) is 6.92. The van der Waals surface area contributed by atoms with Crippen molar-refractivity contribution >= 4 is 28.9 Å². The first-order valence-electron chi connectivity index (χ1n) is 6.76. The molecular formula is C14H20ClN3O2. The average Bonchev–Trinajstić information content (AvgIpc) is 2.81. The first kappa shape index (κ1) is 15.1. The van der Waals surface area contributed by atoms with Crippen molar-refractivity contribution in [2.45, 2.75) is 12.8 Å². The van der Waals surface area contributed by atoms with E-state index >= 15 is 0 Å². The van der Waals surface area contributed by atoms with E-state index < -0.39 is 0 Å². The molecule has 0 saturated carbocycles. The van der Waals surface area contributed by atoms with Crippen LogP contribution in [0.15, 0.2) is 18.2 Å². The van der Waals surface area contributed by atoms with Crippen LogP contribution < -0.4 is 11.1 Å². The van der Waals surface area contributed by atoms with Gasteiger partial charge < -0.3 is 16.2 Å². The van der Waals surface area contributed by atoms with Crippen LogP contribution >= 0.6 is 11.6 Å². The number of likely N-dealkylation sites (tertiary alicyclic amines) is 1. The fraction of sp³-hybridized carbons (Fsp3) is 0.500. The summed E-state index contributed by atoms with van der Waals surface area (Å²) in [6.07, 6.45) is 1.84. The highest BCUT2D eigenvalue weighted by Crippen LogP contribution is 2.23. The van der Waals surface area contributed by atoms with Crippen molar-refractivity contribution < 1.29 is 9.90 Å². The largest absolute Gasteiger partial charge is 0.397 e. The number of aliphatic hydroxyl groups is 1. The maximum absolute atomic E-state index is 12.0. The Labute approximate surface area is 123 Å². The van der Waals surface area contributed by atoms with Crippen molar-refractivity contribution in [3.63, 3.8) is 0 Å². The molecule has 1 fully saturated rings. The molecule has 0 radical (unpaired) electrons. The second-order valence-corrected chi connectivity index (χ2v) is 5.62. The molecule has 1 atom stereocenters. The van der Waals surface area contributed by atoms with Crippen molar-refractivity contribution in [1.29, 1.82) is 0 Å². The second-order valence-electron chi connectivity index (χ2n) is 5.18. The molecular weight excluding hydrogens is 278 g/mol. The first-order chi connectivity index (χ1) is 9.58. The van der Waals surface area contributed by atoms with Gasteiger partial charge in [-0.05, 0) is 43.5 Å². The minimum Gasteiger partial charge on any atom is -0.397 e. The smallest absolute Gasteiger partial charge is 0.238 e. The lowest BCUT2D eigenvalue weighted by atomic mass is 10.1. The maximum Gasteiger partial charge on any atom is 0.238 e. The molecule has 1 aliphatic rings. The zero-order chi connectivity index (χ0) is 14.5. The number of nitrogen functional groups attached to an aromatic ring is 1. The molecule has 0 aliphatic carbocycles. The Hall–Kier alpha value is -1.30. The van der Waals surface area contributed by atoms with Crippen molar-refractivity contribution in [2.75, 3.05) is 37.3 Å². The molecule has 1 unspecified atom stereocenters. The number of carbonyl (C=O) groups excluding carboxylic acids is 1. The Balaban J connectivity index is 1.85. The summed E-state index contributed by atoms with van der Waals surface area (Å²) in [6, 6.07) is 5.00. The molecule has 1 heterocycles. The van der Waals surface area contributed by atoms with Crippen LogP contribution in [0, 0.1) is 5.92 Å². The standard InChI is InChI=1S/C14H20ClN3O2/c15-11-1-2-12(16)13(7-11)17-14(20)9-18-5-3-10(8-18)4-6-19/h1-2,7,10,19H,3-6,8-9,16H2,(H,17,20). The van der Waals surface area contributed by atoms with Crippen molar-refractivity contribution in [1.82, 2.24) is 4.90 Å². The highest BCUT2D eigenvalue weighted by atomic mass is 35.5. The molecule has 6 heteroatoms. The maximum atomic E-state index is 12.0. The summed E-state index contributed by atoms with van der Waals surface area (Å²) in [5.74, 6) is 0.396. The molecule has 0 spiro atoms. The first-order valence-corrected chi connectivity index (χ1v) is 7.14. The summed E-state index contributed by atoms with van der Waals surface area (Å²) in [4.78, 5) is 14.1. The number of anilines is 2. The van der Waals surface area contributed by atoms with Gasteiger partial charge in [0.25, 0.3) is 0 Å². The van der Waals surface area contributed by atoms with E-state index in [0.29, 0.717) is 28.9 Å². The van der Waals surface area contributed by atoms with Gasteiger partial charge in [0.15, 0.2) is 0 Å². The van der Waals surface area contributed by atoms with Gasteiger partial charge in [0.05, 0.1) is 17.9 Å². The molecule has 5 nitrogen and oxygen atoms in total. The molecule has 1 aromatic carbocycles. The normalized spacial score (nSPS) is 19.2. The van der Waals surface area contributed by atoms with Crippen molar-refractivity contribution in [3.8, 4) is 0 Å². The summed E-state index contributed by atoms with van der Waals surface area (Å²) in [5, 5.41) is 12.2. The number of nitrogens with zero attached hydrogens (tertiary/aromatic N) is 1. The highest BCUT2D eigenvalue weighted by molar-refractivity contribution is 6.31. The van der Waals surface area contributed by atoms with Gasteiger partial charge in [-0.1, -0.05) is 11.6 Å². The van der Waals surface area contributed by atoms with Crippen LogP contribution in [0.5, 0.6) is 0 Å². The van der Waals surface area contributed by atoms with Gasteiger partial charge in [-0.3, -0.25) is 9.69 Å². The van der Waals surface area contributed by atoms with Crippen molar-refractivity contribution in [2.24, 2.45) is 5.92 Å². The number of amides is 1. The van der Waals surface area contributed by atoms with Crippen LogP contribution in [0.4, 0.5) is 11.4 Å². The van der Waals surface area contributed by atoms with E-state index in [9.17, 15) is 4.79 Å². The van der Waals surface area contributed by atoms with E-state index in [1.165, 1.54) is 0 Å². The van der Waals surface area contributed by atoms with Crippen molar-refractivity contribution in [3.05, 3.63) is 23.2 Å². The lowest BCUT2D eigenvalue weighted by molar-refractivity contribution is -0.117. The lowest BCUT2D eigenvalue weighted by Gasteiger charge is -2.16. The number of aliphatic hydroxyl groups excluding tert-OH is 1. The van der Waals surface area contributed by atoms with E-state index in [1.54, 1.807) is 18.2 Å². The van der Waals surface area contributed by atoms with Crippen LogP contribution in [0.25, 0.3) is 0 Å². The zero-order valence-corrected chi connectivity index (χ0v) is 12.1. The van der Waals surface area contributed by atoms with Gasteiger partial charge in [-0.2, -0.15) is 0 Å². The number of nitrogens with two attached hydrogens (primary N) is 1. The van der Waals surface area contributed by atoms with E-state index in [4.69, 9.17) is 22.4 Å². The van der Waals surface area contributed by atoms with Crippen LogP contribution in [0.3, 0.4) is 0 Å². The number of nitrogens with one attached hydrogen (secondary N) is 1. The number of benzene rings is 1. The Kier molecular flexibility index (Phi) is 5.23. The van der Waals surface area contributed by atoms with Crippen LogP contribution in [-0.2, 0) is 4.79 Å². The minimum atomic E-state index is -0.0939. The fourth-order valence-electron chi connectivity index (χ4n) is 2.50. The number of rotatable bonds is 5. The molecule has 1 aromatic rings. The molecule has 1 amide bonds. The fourth-order valence-corrected chi connectivity index (χ4v) is 2.68. The number of hydrogen-bond donors (Lipinski definition) is 3. The van der Waals surface area contributed by atoms with Gasteiger partial charge in [0.2, 0.25) is 5.91 Å². The summed E-state index contributed by atoms with van der Waals surface area (Å²) in [5.41, 5.74) is 6.84. The minimum absolute atomic E-state index is 0.0939. The summed E-state index contributed by atoms with van der Waals surface area (Å²) >= 11 is 5.88. The Morgan fingerprint density at radius 3 is 3.10 bits per heavy atom. The van der Waals surface area contributed by atoms with Gasteiger partial charge in [-0.25, -0.2) is 0 Å². The van der Waals surface area contributed by atoms with Gasteiger partial charge in [-0.15, -0.1) is 0 Å². The number of hydrogen-bond acceptors (Lipinski definition) is 4. The Morgan fingerprint density at radius 1 is 1.55 bits per heavy atom. The van der Waals surface area contributed by atoms with E-state index in [2.05, 4.69) is 10.2 Å². The molecule has 0 aromatic heterocycles. The third-order valence-corrected chi connectivity index (χ3v) is 3.80. The third-order valence-electron chi connectivity index (χ3n) is 3.56. The SMILES string of the molecule is Nc1ccc(Cl)cc1NC(=O)CN1CCC(CCO)C1. The summed E-state index contributed by atoms with van der Waals surface area (Å²) in [7, 11) is 0. The zero-order valence-electron chi connectivity index (χ0n) is 11.3. The third kappa shape index (κ3) is 4.10. The number of carbonyl (C=O) groups is 1. The van der Waals surface area contributed by atoms with Gasteiger partial charge >= 0.3 is 0 Å². The molecule has 1 saturated heterocycles. The predicted octanol–water partition coefficient (Wildman–Crippen LogP) is 1.56. The molecule has 110 valence electrons. The van der Waals surface area contributed by atoms with E-state index in [-0.39, 0.29) is 12.5 Å². The van der Waals surface area contributed by atoms with Crippen LogP contribution in [0.1, 0.15) is 12.8 Å². The topological polar surface area (TPSA) is 78.6 Å². The molecule has 20 heavy (non-hydrogen) atoms. The molecule has 0 bridgehead atoms. The van der Waals surface area contributed by atoms with E-state index in [1.807, 2.05) is 0 Å².